The van der Waals surface area contributed by atoms with Crippen LogP contribution in [0.3, 0.4) is 0 Å². The number of fused-ring (bicyclic) bond motifs is 2. The Hall–Kier alpha value is -2.17. The summed E-state index contributed by atoms with van der Waals surface area (Å²) < 4.78 is 12.9. The molecule has 0 spiro atoms. The molecule has 0 saturated carbocycles. The van der Waals surface area contributed by atoms with Crippen LogP contribution in [0.5, 0.6) is 11.5 Å². The molecule has 0 fully saturated rings. The number of aryl methyl sites for hydroxylation is 1. The van der Waals surface area contributed by atoms with Gasteiger partial charge < -0.3 is 19.8 Å². The van der Waals surface area contributed by atoms with E-state index in [1.165, 1.54) is 6.42 Å². The van der Waals surface area contributed by atoms with Crippen LogP contribution in [-0.4, -0.2) is 16.3 Å². The Labute approximate surface area is 117 Å². The summed E-state index contributed by atoms with van der Waals surface area (Å²) in [5.74, 6) is 4.05. The Morgan fingerprint density at radius 1 is 1.30 bits per heavy atom. The van der Waals surface area contributed by atoms with Crippen molar-refractivity contribution in [3.05, 3.63) is 24.0 Å². The molecule has 3 heterocycles. The maximum Gasteiger partial charge on any atom is 0.231 e. The first-order valence-electron chi connectivity index (χ1n) is 6.97. The van der Waals surface area contributed by atoms with Gasteiger partial charge in [-0.3, -0.25) is 0 Å². The number of benzene rings is 1. The zero-order valence-corrected chi connectivity index (χ0v) is 11.4. The van der Waals surface area contributed by atoms with E-state index in [2.05, 4.69) is 11.5 Å². The van der Waals surface area contributed by atoms with Gasteiger partial charge in [-0.1, -0.05) is 6.92 Å². The number of hydrogen-bond acceptors (Lipinski definition) is 4. The number of nitrogen functional groups attached to an aromatic ring is 1. The van der Waals surface area contributed by atoms with Crippen LogP contribution in [0, 0.1) is 5.92 Å². The molecule has 5 heteroatoms. The van der Waals surface area contributed by atoms with Crippen molar-refractivity contribution in [1.29, 1.82) is 0 Å². The molecule has 1 aromatic heterocycles. The quantitative estimate of drug-likeness (QED) is 0.865. The van der Waals surface area contributed by atoms with Crippen molar-refractivity contribution in [1.82, 2.24) is 9.55 Å². The van der Waals surface area contributed by atoms with Crippen LogP contribution < -0.4 is 15.2 Å². The topological polar surface area (TPSA) is 62.3 Å². The highest BCUT2D eigenvalue weighted by atomic mass is 16.7. The minimum Gasteiger partial charge on any atom is -0.454 e. The smallest absolute Gasteiger partial charge is 0.231 e. The van der Waals surface area contributed by atoms with Crippen molar-refractivity contribution in [2.24, 2.45) is 5.92 Å². The molecule has 0 amide bonds. The fourth-order valence-electron chi connectivity index (χ4n) is 2.94. The van der Waals surface area contributed by atoms with E-state index in [0.29, 0.717) is 5.92 Å². The molecule has 2 aromatic rings. The summed E-state index contributed by atoms with van der Waals surface area (Å²) in [7, 11) is 0. The minimum absolute atomic E-state index is 0.283. The molecule has 1 aromatic carbocycles. The van der Waals surface area contributed by atoms with E-state index in [1.54, 1.807) is 0 Å². The molecule has 2 aliphatic heterocycles. The standard InChI is InChI=1S/C15H17N3O2/c1-9-2-5-13-17-14(15(16)18(13)7-9)10-3-4-11-12(6-10)20-8-19-11/h3-4,6,9H,2,5,7-8,16H2,1H3. The van der Waals surface area contributed by atoms with Gasteiger partial charge >= 0.3 is 0 Å². The van der Waals surface area contributed by atoms with Crippen molar-refractivity contribution in [2.75, 3.05) is 12.5 Å². The van der Waals surface area contributed by atoms with Gasteiger partial charge in [-0.2, -0.15) is 0 Å². The maximum absolute atomic E-state index is 6.29. The average Bonchev–Trinajstić information content (AvgIpc) is 3.03. The average molecular weight is 271 g/mol. The Bertz CT molecular complexity index is 678. The first kappa shape index (κ1) is 11.6. The Morgan fingerprint density at radius 3 is 3.05 bits per heavy atom. The van der Waals surface area contributed by atoms with E-state index in [9.17, 15) is 0 Å². The van der Waals surface area contributed by atoms with Gasteiger partial charge in [-0.15, -0.1) is 0 Å². The SMILES string of the molecule is CC1CCc2nc(-c3ccc4c(c3)OCO4)c(N)n2C1. The van der Waals surface area contributed by atoms with E-state index < -0.39 is 0 Å². The van der Waals surface area contributed by atoms with E-state index in [-0.39, 0.29) is 6.79 Å². The van der Waals surface area contributed by atoms with Gasteiger partial charge in [-0.05, 0) is 30.5 Å². The number of imidazole rings is 1. The molecule has 2 N–H and O–H groups in total. The predicted octanol–water partition coefficient (Wildman–Crippen LogP) is 2.44. The van der Waals surface area contributed by atoms with Gasteiger partial charge in [0.05, 0.1) is 0 Å². The second-order valence-electron chi connectivity index (χ2n) is 5.58. The van der Waals surface area contributed by atoms with E-state index in [1.807, 2.05) is 18.2 Å². The number of anilines is 1. The van der Waals surface area contributed by atoms with Crippen molar-refractivity contribution >= 4 is 5.82 Å². The second kappa shape index (κ2) is 4.16. The first-order chi connectivity index (χ1) is 9.72. The molecule has 0 bridgehead atoms. The third kappa shape index (κ3) is 1.66. The van der Waals surface area contributed by atoms with Crippen LogP contribution in [0.4, 0.5) is 5.82 Å². The number of nitrogens with zero attached hydrogens (tertiary/aromatic N) is 2. The van der Waals surface area contributed by atoms with Crippen LogP contribution in [-0.2, 0) is 13.0 Å². The van der Waals surface area contributed by atoms with Crippen LogP contribution in [0.1, 0.15) is 19.2 Å². The highest BCUT2D eigenvalue weighted by Gasteiger charge is 2.23. The van der Waals surface area contributed by atoms with Crippen LogP contribution >= 0.6 is 0 Å². The Balaban J connectivity index is 1.79. The highest BCUT2D eigenvalue weighted by Crippen LogP contribution is 2.38. The zero-order valence-electron chi connectivity index (χ0n) is 11.4. The summed E-state index contributed by atoms with van der Waals surface area (Å²) in [6.07, 6.45) is 2.17. The largest absolute Gasteiger partial charge is 0.454 e. The summed E-state index contributed by atoms with van der Waals surface area (Å²) in [4.78, 5) is 4.72. The zero-order chi connectivity index (χ0) is 13.7. The lowest BCUT2D eigenvalue weighted by atomic mass is 10.0. The summed E-state index contributed by atoms with van der Waals surface area (Å²) in [5, 5.41) is 0. The normalized spacial score (nSPS) is 19.9. The molecule has 4 rings (SSSR count). The third-order valence-corrected chi connectivity index (χ3v) is 4.09. The number of nitrogens with two attached hydrogens (primary N) is 1. The van der Waals surface area contributed by atoms with Crippen LogP contribution in [0.25, 0.3) is 11.3 Å². The molecule has 104 valence electrons. The monoisotopic (exact) mass is 271 g/mol. The minimum atomic E-state index is 0.283. The molecule has 0 aliphatic carbocycles. The fraction of sp³-hybridized carbons (Fsp3) is 0.400. The predicted molar refractivity (Wildman–Crippen MR) is 75.7 cm³/mol. The molecule has 1 unspecified atom stereocenters. The fourth-order valence-corrected chi connectivity index (χ4v) is 2.94. The van der Waals surface area contributed by atoms with Crippen molar-refractivity contribution in [3.63, 3.8) is 0 Å². The summed E-state index contributed by atoms with van der Waals surface area (Å²) in [5.41, 5.74) is 8.13. The summed E-state index contributed by atoms with van der Waals surface area (Å²) >= 11 is 0. The second-order valence-corrected chi connectivity index (χ2v) is 5.58. The van der Waals surface area contributed by atoms with Crippen molar-refractivity contribution < 1.29 is 9.47 Å². The van der Waals surface area contributed by atoms with E-state index in [0.717, 1.165) is 47.4 Å². The molecule has 5 nitrogen and oxygen atoms in total. The maximum atomic E-state index is 6.29. The third-order valence-electron chi connectivity index (χ3n) is 4.09. The molecular formula is C15H17N3O2. The lowest BCUT2D eigenvalue weighted by Crippen LogP contribution is -2.19. The lowest BCUT2D eigenvalue weighted by molar-refractivity contribution is 0.174. The summed E-state index contributed by atoms with van der Waals surface area (Å²) in [6, 6.07) is 5.86. The van der Waals surface area contributed by atoms with Gasteiger partial charge in [0, 0.05) is 18.5 Å². The highest BCUT2D eigenvalue weighted by molar-refractivity contribution is 5.73. The molecule has 2 aliphatic rings. The number of aromatic nitrogens is 2. The van der Waals surface area contributed by atoms with Gasteiger partial charge in [0.1, 0.15) is 17.3 Å². The van der Waals surface area contributed by atoms with Gasteiger partial charge in [0.15, 0.2) is 11.5 Å². The Morgan fingerprint density at radius 2 is 2.15 bits per heavy atom. The number of rotatable bonds is 1. The van der Waals surface area contributed by atoms with Crippen molar-refractivity contribution in [3.8, 4) is 22.8 Å². The Kier molecular flexibility index (Phi) is 2.42. The summed E-state index contributed by atoms with van der Waals surface area (Å²) in [6.45, 7) is 3.49. The van der Waals surface area contributed by atoms with Crippen LogP contribution in [0.15, 0.2) is 18.2 Å². The molecule has 1 atom stereocenters. The van der Waals surface area contributed by atoms with Crippen molar-refractivity contribution in [2.45, 2.75) is 26.3 Å². The van der Waals surface area contributed by atoms with Gasteiger partial charge in [0.25, 0.3) is 0 Å². The molecule has 0 radical (unpaired) electrons. The number of ether oxygens (including phenoxy) is 2. The van der Waals surface area contributed by atoms with Gasteiger partial charge in [-0.25, -0.2) is 4.98 Å². The van der Waals surface area contributed by atoms with Gasteiger partial charge in [0.2, 0.25) is 6.79 Å². The molecular weight excluding hydrogens is 254 g/mol. The first-order valence-corrected chi connectivity index (χ1v) is 6.97. The van der Waals surface area contributed by atoms with E-state index in [4.69, 9.17) is 20.2 Å². The van der Waals surface area contributed by atoms with E-state index >= 15 is 0 Å². The molecule has 0 saturated heterocycles. The molecule has 20 heavy (non-hydrogen) atoms. The lowest BCUT2D eigenvalue weighted by Gasteiger charge is -2.20. The van der Waals surface area contributed by atoms with Crippen LogP contribution in [0.2, 0.25) is 0 Å². The number of hydrogen-bond donors (Lipinski definition) is 1.